The van der Waals surface area contributed by atoms with Crippen molar-refractivity contribution < 1.29 is 23.0 Å². The first-order valence-electron chi connectivity index (χ1n) is 5.36. The Hall–Kier alpha value is -0.750. The molecule has 1 aliphatic heterocycles. The first kappa shape index (κ1) is 13.3. The molecule has 1 rings (SSSR count). The van der Waals surface area contributed by atoms with Crippen molar-refractivity contribution in [3.05, 3.63) is 0 Å². The lowest BCUT2D eigenvalue weighted by molar-refractivity contribution is -0.123. The molecule has 0 bridgehead atoms. The topological polar surface area (TPSA) is 47.6 Å². The summed E-state index contributed by atoms with van der Waals surface area (Å²) in [5, 5.41) is 2.79. The summed E-state index contributed by atoms with van der Waals surface area (Å²) in [7, 11) is 0. The molecule has 0 unspecified atom stereocenters. The summed E-state index contributed by atoms with van der Waals surface area (Å²) in [6.07, 6.45) is -1.56. The minimum atomic E-state index is -2.48. The molecule has 0 radical (unpaired) electrons. The maximum atomic E-state index is 11.7. The Labute approximate surface area is 93.3 Å². The molecule has 0 aromatic carbocycles. The van der Waals surface area contributed by atoms with E-state index in [0.717, 1.165) is 6.42 Å². The summed E-state index contributed by atoms with van der Waals surface area (Å²) in [6, 6.07) is 0.0302. The smallest absolute Gasteiger partial charge is 0.261 e. The molecule has 0 spiro atoms. The van der Waals surface area contributed by atoms with E-state index in [4.69, 9.17) is 4.74 Å². The zero-order chi connectivity index (χ0) is 12.0. The van der Waals surface area contributed by atoms with Gasteiger partial charge in [0, 0.05) is 13.0 Å². The Kier molecular flexibility index (Phi) is 5.62. The number of halogens is 2. The van der Waals surface area contributed by atoms with Crippen LogP contribution in [0, 0.1) is 0 Å². The van der Waals surface area contributed by atoms with Crippen molar-refractivity contribution in [2.24, 2.45) is 0 Å². The number of nitrogens with one attached hydrogen (secondary N) is 1. The van der Waals surface area contributed by atoms with Crippen LogP contribution in [-0.4, -0.2) is 44.3 Å². The van der Waals surface area contributed by atoms with E-state index in [-0.39, 0.29) is 31.1 Å². The van der Waals surface area contributed by atoms with E-state index in [1.54, 1.807) is 0 Å². The van der Waals surface area contributed by atoms with Gasteiger partial charge < -0.3 is 14.8 Å². The number of ether oxygens (including phenoxy) is 2. The average molecular weight is 237 g/mol. The Morgan fingerprint density at radius 3 is 2.94 bits per heavy atom. The minimum absolute atomic E-state index is 0.0194. The first-order valence-corrected chi connectivity index (χ1v) is 5.36. The monoisotopic (exact) mass is 237 g/mol. The third-order valence-electron chi connectivity index (χ3n) is 2.44. The van der Waals surface area contributed by atoms with E-state index in [1.165, 1.54) is 0 Å². The molecule has 0 aromatic heterocycles. The summed E-state index contributed by atoms with van der Waals surface area (Å²) in [5.74, 6) is -0.184. The lowest BCUT2D eigenvalue weighted by Gasteiger charge is -2.15. The number of alkyl halides is 2. The maximum absolute atomic E-state index is 11.7. The van der Waals surface area contributed by atoms with Crippen LogP contribution in [0.1, 0.15) is 19.8 Å². The van der Waals surface area contributed by atoms with E-state index in [1.807, 2.05) is 6.92 Å². The van der Waals surface area contributed by atoms with Crippen LogP contribution in [0.3, 0.4) is 0 Å². The highest BCUT2D eigenvalue weighted by Gasteiger charge is 2.25. The lowest BCUT2D eigenvalue weighted by atomic mass is 10.1. The summed E-state index contributed by atoms with van der Waals surface area (Å²) < 4.78 is 33.3. The molecular weight excluding hydrogens is 220 g/mol. The van der Waals surface area contributed by atoms with Crippen LogP contribution in [0.5, 0.6) is 0 Å². The Balaban J connectivity index is 2.06. The summed E-state index contributed by atoms with van der Waals surface area (Å²) in [6.45, 7) is 1.95. The van der Waals surface area contributed by atoms with Crippen LogP contribution in [0.4, 0.5) is 8.78 Å². The second-order valence-electron chi connectivity index (χ2n) is 3.75. The quantitative estimate of drug-likeness (QED) is 0.700. The fourth-order valence-electron chi connectivity index (χ4n) is 1.54. The molecule has 4 nitrogen and oxygen atoms in total. The van der Waals surface area contributed by atoms with Gasteiger partial charge in [-0.05, 0) is 13.3 Å². The van der Waals surface area contributed by atoms with Gasteiger partial charge in [-0.15, -0.1) is 0 Å². The molecule has 1 N–H and O–H groups in total. The van der Waals surface area contributed by atoms with Crippen LogP contribution in [0.25, 0.3) is 0 Å². The van der Waals surface area contributed by atoms with Gasteiger partial charge in [-0.2, -0.15) is 0 Å². The first-order chi connectivity index (χ1) is 7.59. The normalized spacial score (nSPS) is 25.0. The molecule has 0 aliphatic carbocycles. The molecule has 16 heavy (non-hydrogen) atoms. The van der Waals surface area contributed by atoms with Gasteiger partial charge in [-0.3, -0.25) is 4.79 Å². The standard InChI is InChI=1S/C10H17F2NO3/c1-7-8(2-5-16-7)13-10(14)3-4-15-6-9(11)12/h7-9H,2-6H2,1H3,(H,13,14)/t7-,8-/m1/s1. The molecule has 1 aliphatic rings. The van der Waals surface area contributed by atoms with Crippen molar-refractivity contribution in [2.75, 3.05) is 19.8 Å². The van der Waals surface area contributed by atoms with Gasteiger partial charge in [0.15, 0.2) is 0 Å². The van der Waals surface area contributed by atoms with Crippen molar-refractivity contribution >= 4 is 5.91 Å². The van der Waals surface area contributed by atoms with E-state index in [9.17, 15) is 13.6 Å². The van der Waals surface area contributed by atoms with Crippen LogP contribution in [0.2, 0.25) is 0 Å². The lowest BCUT2D eigenvalue weighted by Crippen LogP contribution is -2.39. The molecule has 94 valence electrons. The van der Waals surface area contributed by atoms with Crippen LogP contribution < -0.4 is 5.32 Å². The number of carbonyl (C=O) groups excluding carboxylic acids is 1. The average Bonchev–Trinajstić information content (AvgIpc) is 2.59. The summed E-state index contributed by atoms with van der Waals surface area (Å²) in [4.78, 5) is 11.4. The SMILES string of the molecule is C[C@H]1OCC[C@H]1NC(=O)CCOCC(F)F. The van der Waals surface area contributed by atoms with Gasteiger partial charge in [-0.25, -0.2) is 8.78 Å². The van der Waals surface area contributed by atoms with Gasteiger partial charge in [0.2, 0.25) is 5.91 Å². The summed E-state index contributed by atoms with van der Waals surface area (Å²) >= 11 is 0. The molecule has 1 amide bonds. The number of rotatable bonds is 6. The predicted molar refractivity (Wildman–Crippen MR) is 53.4 cm³/mol. The fourth-order valence-corrected chi connectivity index (χ4v) is 1.54. The van der Waals surface area contributed by atoms with Crippen molar-refractivity contribution in [2.45, 2.75) is 38.3 Å². The van der Waals surface area contributed by atoms with Gasteiger partial charge in [-0.1, -0.05) is 0 Å². The molecule has 2 atom stereocenters. The molecule has 6 heteroatoms. The largest absolute Gasteiger partial charge is 0.376 e. The van der Waals surface area contributed by atoms with Crippen molar-refractivity contribution in [1.29, 1.82) is 0 Å². The van der Waals surface area contributed by atoms with Crippen LogP contribution in [0.15, 0.2) is 0 Å². The number of hydrogen-bond acceptors (Lipinski definition) is 3. The fraction of sp³-hybridized carbons (Fsp3) is 0.900. The van der Waals surface area contributed by atoms with Gasteiger partial charge in [0.1, 0.15) is 6.61 Å². The highest BCUT2D eigenvalue weighted by molar-refractivity contribution is 5.76. The van der Waals surface area contributed by atoms with Crippen molar-refractivity contribution in [3.63, 3.8) is 0 Å². The number of amides is 1. The highest BCUT2D eigenvalue weighted by atomic mass is 19.3. The van der Waals surface area contributed by atoms with E-state index < -0.39 is 13.0 Å². The van der Waals surface area contributed by atoms with Gasteiger partial charge in [0.05, 0.1) is 18.8 Å². The molecule has 0 aromatic rings. The zero-order valence-electron chi connectivity index (χ0n) is 9.25. The van der Waals surface area contributed by atoms with Crippen molar-refractivity contribution in [1.82, 2.24) is 5.32 Å². The Morgan fingerprint density at radius 2 is 2.38 bits per heavy atom. The molecule has 1 fully saturated rings. The number of carbonyl (C=O) groups is 1. The molecule has 1 saturated heterocycles. The van der Waals surface area contributed by atoms with Crippen LogP contribution >= 0.6 is 0 Å². The Morgan fingerprint density at radius 1 is 1.62 bits per heavy atom. The third-order valence-corrected chi connectivity index (χ3v) is 2.44. The van der Waals surface area contributed by atoms with E-state index >= 15 is 0 Å². The highest BCUT2D eigenvalue weighted by Crippen LogP contribution is 2.12. The Bertz CT molecular complexity index is 226. The third kappa shape index (κ3) is 4.85. The van der Waals surface area contributed by atoms with Crippen LogP contribution in [-0.2, 0) is 14.3 Å². The van der Waals surface area contributed by atoms with Gasteiger partial charge >= 0.3 is 0 Å². The predicted octanol–water partition coefficient (Wildman–Crippen LogP) is 0.952. The van der Waals surface area contributed by atoms with Gasteiger partial charge in [0.25, 0.3) is 6.43 Å². The second-order valence-corrected chi connectivity index (χ2v) is 3.75. The number of hydrogen-bond donors (Lipinski definition) is 1. The minimum Gasteiger partial charge on any atom is -0.376 e. The molecule has 1 heterocycles. The maximum Gasteiger partial charge on any atom is 0.261 e. The van der Waals surface area contributed by atoms with Crippen molar-refractivity contribution in [3.8, 4) is 0 Å². The van der Waals surface area contributed by atoms with E-state index in [0.29, 0.717) is 6.61 Å². The molecular formula is C10H17F2NO3. The summed E-state index contributed by atoms with van der Waals surface area (Å²) in [5.41, 5.74) is 0. The molecule has 0 saturated carbocycles. The second kappa shape index (κ2) is 6.75. The van der Waals surface area contributed by atoms with E-state index in [2.05, 4.69) is 10.1 Å². The zero-order valence-corrected chi connectivity index (χ0v) is 9.25.